The Hall–Kier alpha value is -1.03. The zero-order valence-electron chi connectivity index (χ0n) is 11.1. The van der Waals surface area contributed by atoms with E-state index in [9.17, 15) is 0 Å². The molecule has 1 saturated carbocycles. The van der Waals surface area contributed by atoms with Gasteiger partial charge in [0.25, 0.3) is 0 Å². The first kappa shape index (κ1) is 13.0. The van der Waals surface area contributed by atoms with Crippen LogP contribution in [0.1, 0.15) is 29.9 Å². The Labute approximate surface area is 128 Å². The minimum absolute atomic E-state index is 0.628. The number of hydrogen-bond donors (Lipinski definition) is 1. The van der Waals surface area contributed by atoms with Crippen LogP contribution in [-0.2, 0) is 0 Å². The van der Waals surface area contributed by atoms with Gasteiger partial charge in [-0.05, 0) is 72.0 Å². The molecule has 0 spiro atoms. The third-order valence-corrected chi connectivity index (χ3v) is 4.52. The average Bonchev–Trinajstić information content (AvgIpc) is 2.33. The zero-order chi connectivity index (χ0) is 13.2. The predicted molar refractivity (Wildman–Crippen MR) is 89.7 cm³/mol. The maximum Gasteiger partial charge on any atom is 0.0352 e. The van der Waals surface area contributed by atoms with Crippen LogP contribution < -0.4 is 5.32 Å². The summed E-state index contributed by atoms with van der Waals surface area (Å²) >= 11 is 2.36. The molecule has 1 aliphatic rings. The van der Waals surface area contributed by atoms with Gasteiger partial charge in [0.15, 0.2) is 0 Å². The smallest absolute Gasteiger partial charge is 0.0352 e. The van der Waals surface area contributed by atoms with Crippen molar-refractivity contribution in [1.82, 2.24) is 0 Å². The van der Waals surface area contributed by atoms with Crippen molar-refractivity contribution in [3.63, 3.8) is 0 Å². The highest BCUT2D eigenvalue weighted by Gasteiger charge is 2.30. The Bertz CT molecular complexity index is 573. The lowest BCUT2D eigenvalue weighted by Gasteiger charge is -2.37. The minimum Gasteiger partial charge on any atom is -0.382 e. The monoisotopic (exact) mass is 363 g/mol. The highest BCUT2D eigenvalue weighted by molar-refractivity contribution is 14.1. The molecule has 1 N–H and O–H groups in total. The van der Waals surface area contributed by atoms with Crippen molar-refractivity contribution in [2.75, 3.05) is 5.32 Å². The molecule has 1 fully saturated rings. The number of benzene rings is 2. The van der Waals surface area contributed by atoms with E-state index >= 15 is 0 Å². The standard InChI is InChI=1S/C17H18IN/c1-12-4-2-5-13(8-12)14-9-17(10-14)19-16-7-3-6-15(18)11-16/h2-8,11,14,17,19H,9-10H2,1H3. The molecule has 0 atom stereocenters. The van der Waals surface area contributed by atoms with Crippen molar-refractivity contribution in [3.05, 3.63) is 63.2 Å². The van der Waals surface area contributed by atoms with Gasteiger partial charge in [-0.2, -0.15) is 0 Å². The van der Waals surface area contributed by atoms with Gasteiger partial charge >= 0.3 is 0 Å². The van der Waals surface area contributed by atoms with Crippen LogP contribution in [0.2, 0.25) is 0 Å². The Morgan fingerprint density at radius 1 is 1.05 bits per heavy atom. The fraction of sp³-hybridized carbons (Fsp3) is 0.294. The SMILES string of the molecule is Cc1cccc(C2CC(Nc3cccc(I)c3)C2)c1. The van der Waals surface area contributed by atoms with Gasteiger partial charge in [-0.15, -0.1) is 0 Å². The molecule has 2 heteroatoms. The lowest BCUT2D eigenvalue weighted by Crippen LogP contribution is -2.34. The summed E-state index contributed by atoms with van der Waals surface area (Å²) in [5, 5.41) is 3.63. The molecule has 0 heterocycles. The van der Waals surface area contributed by atoms with E-state index in [2.05, 4.69) is 83.4 Å². The zero-order valence-corrected chi connectivity index (χ0v) is 13.2. The molecular formula is C17H18IN. The predicted octanol–water partition coefficient (Wildman–Crippen LogP) is 4.96. The normalized spacial score (nSPS) is 21.8. The topological polar surface area (TPSA) is 12.0 Å². The second-order valence-corrected chi connectivity index (χ2v) is 6.68. The third-order valence-electron chi connectivity index (χ3n) is 3.85. The van der Waals surface area contributed by atoms with Crippen molar-refractivity contribution in [2.24, 2.45) is 0 Å². The van der Waals surface area contributed by atoms with Crippen molar-refractivity contribution in [3.8, 4) is 0 Å². The molecule has 98 valence electrons. The Morgan fingerprint density at radius 2 is 1.84 bits per heavy atom. The number of nitrogens with one attached hydrogen (secondary N) is 1. The second-order valence-electron chi connectivity index (χ2n) is 5.43. The molecule has 0 aliphatic heterocycles. The molecule has 0 amide bonds. The maximum atomic E-state index is 3.63. The van der Waals surface area contributed by atoms with Crippen LogP contribution in [0.4, 0.5) is 5.69 Å². The van der Waals surface area contributed by atoms with Gasteiger partial charge in [0, 0.05) is 15.3 Å². The van der Waals surface area contributed by atoms with Crippen LogP contribution in [0.3, 0.4) is 0 Å². The van der Waals surface area contributed by atoms with Crippen LogP contribution >= 0.6 is 22.6 Å². The van der Waals surface area contributed by atoms with E-state index in [1.54, 1.807) is 0 Å². The highest BCUT2D eigenvalue weighted by atomic mass is 127. The van der Waals surface area contributed by atoms with Gasteiger partial charge in [0.2, 0.25) is 0 Å². The molecule has 1 aliphatic carbocycles. The van der Waals surface area contributed by atoms with Crippen molar-refractivity contribution >= 4 is 28.3 Å². The lowest BCUT2D eigenvalue weighted by molar-refractivity contribution is 0.374. The quantitative estimate of drug-likeness (QED) is 0.761. The fourth-order valence-electron chi connectivity index (χ4n) is 2.75. The summed E-state index contributed by atoms with van der Waals surface area (Å²) in [5.74, 6) is 0.736. The number of anilines is 1. The van der Waals surface area contributed by atoms with E-state index in [-0.39, 0.29) is 0 Å². The van der Waals surface area contributed by atoms with E-state index in [4.69, 9.17) is 0 Å². The van der Waals surface area contributed by atoms with Crippen molar-refractivity contribution in [1.29, 1.82) is 0 Å². The van der Waals surface area contributed by atoms with Crippen LogP contribution in [0.25, 0.3) is 0 Å². The molecule has 2 aromatic rings. The summed E-state index contributed by atoms with van der Waals surface area (Å²) in [6, 6.07) is 18.2. The van der Waals surface area contributed by atoms with Gasteiger partial charge < -0.3 is 5.32 Å². The lowest BCUT2D eigenvalue weighted by atomic mass is 9.75. The van der Waals surface area contributed by atoms with Crippen LogP contribution in [-0.4, -0.2) is 6.04 Å². The van der Waals surface area contributed by atoms with Crippen molar-refractivity contribution in [2.45, 2.75) is 31.7 Å². The summed E-state index contributed by atoms with van der Waals surface area (Å²) in [4.78, 5) is 0. The first-order valence-corrected chi connectivity index (χ1v) is 7.87. The summed E-state index contributed by atoms with van der Waals surface area (Å²) in [7, 11) is 0. The average molecular weight is 363 g/mol. The van der Waals surface area contributed by atoms with Crippen LogP contribution in [0.5, 0.6) is 0 Å². The molecule has 0 bridgehead atoms. The van der Waals surface area contributed by atoms with Gasteiger partial charge in [-0.25, -0.2) is 0 Å². The Morgan fingerprint density at radius 3 is 2.58 bits per heavy atom. The molecule has 0 radical (unpaired) electrons. The summed E-state index contributed by atoms with van der Waals surface area (Å²) < 4.78 is 1.29. The van der Waals surface area contributed by atoms with E-state index in [0.29, 0.717) is 6.04 Å². The van der Waals surface area contributed by atoms with Crippen molar-refractivity contribution < 1.29 is 0 Å². The molecule has 2 aromatic carbocycles. The van der Waals surface area contributed by atoms with E-state index < -0.39 is 0 Å². The van der Waals surface area contributed by atoms with Crippen LogP contribution in [0.15, 0.2) is 48.5 Å². The first-order valence-electron chi connectivity index (χ1n) is 6.79. The summed E-state index contributed by atoms with van der Waals surface area (Å²) in [6.45, 7) is 2.17. The Balaban J connectivity index is 1.58. The molecule has 1 nitrogen and oxygen atoms in total. The van der Waals surface area contributed by atoms with E-state index in [1.165, 1.54) is 33.2 Å². The minimum atomic E-state index is 0.628. The molecule has 0 saturated heterocycles. The molecule has 0 unspecified atom stereocenters. The number of rotatable bonds is 3. The number of halogens is 1. The molecule has 3 rings (SSSR count). The third kappa shape index (κ3) is 3.11. The van der Waals surface area contributed by atoms with E-state index in [1.807, 2.05) is 0 Å². The van der Waals surface area contributed by atoms with Gasteiger partial charge in [0.1, 0.15) is 0 Å². The van der Waals surface area contributed by atoms with E-state index in [0.717, 1.165) is 5.92 Å². The molecule has 0 aromatic heterocycles. The summed E-state index contributed by atoms with van der Waals surface area (Å²) in [5.41, 5.74) is 4.12. The molecular weight excluding hydrogens is 345 g/mol. The fourth-order valence-corrected chi connectivity index (χ4v) is 3.29. The van der Waals surface area contributed by atoms with Crippen LogP contribution in [0, 0.1) is 10.5 Å². The largest absolute Gasteiger partial charge is 0.382 e. The number of hydrogen-bond acceptors (Lipinski definition) is 1. The van der Waals surface area contributed by atoms with Gasteiger partial charge in [-0.3, -0.25) is 0 Å². The number of aryl methyl sites for hydroxylation is 1. The Kier molecular flexibility index (Phi) is 3.78. The summed E-state index contributed by atoms with van der Waals surface area (Å²) in [6.07, 6.45) is 2.49. The second kappa shape index (κ2) is 5.53. The molecule has 19 heavy (non-hydrogen) atoms. The highest BCUT2D eigenvalue weighted by Crippen LogP contribution is 2.38. The maximum absolute atomic E-state index is 3.63. The van der Waals surface area contributed by atoms with Gasteiger partial charge in [-0.1, -0.05) is 35.9 Å². The van der Waals surface area contributed by atoms with Gasteiger partial charge in [0.05, 0.1) is 0 Å². The first-order chi connectivity index (χ1) is 9.20.